The largest absolute Gasteiger partial charge is 0.454 e. The summed E-state index contributed by atoms with van der Waals surface area (Å²) in [6.07, 6.45) is 0. The lowest BCUT2D eigenvalue weighted by atomic mass is 10.1. The lowest BCUT2D eigenvalue weighted by molar-refractivity contribution is 0.174. The van der Waals surface area contributed by atoms with Crippen molar-refractivity contribution in [2.24, 2.45) is 0 Å². The molecule has 4 aromatic rings. The standard InChI is InChI=1S/C21H19N5O2/c1-13-9-14(2)26(25-13)21-17-6-4-3-5-16(17)20(23-24-21)22-11-15-7-8-18-19(10-15)28-12-27-18/h3-10H,11-12H2,1-2H3,(H,22,23). The molecule has 0 spiro atoms. The Bertz CT molecular complexity index is 1180. The van der Waals surface area contributed by atoms with Crippen LogP contribution in [-0.4, -0.2) is 26.8 Å². The van der Waals surface area contributed by atoms with Crippen LogP contribution in [0.3, 0.4) is 0 Å². The minimum Gasteiger partial charge on any atom is -0.454 e. The maximum atomic E-state index is 5.45. The van der Waals surface area contributed by atoms with E-state index in [1.54, 1.807) is 0 Å². The molecule has 5 rings (SSSR count). The van der Waals surface area contributed by atoms with Crippen LogP contribution in [0.4, 0.5) is 5.82 Å². The number of benzene rings is 2. The predicted molar refractivity (Wildman–Crippen MR) is 106 cm³/mol. The summed E-state index contributed by atoms with van der Waals surface area (Å²) in [4.78, 5) is 0. The highest BCUT2D eigenvalue weighted by Gasteiger charge is 2.15. The van der Waals surface area contributed by atoms with Gasteiger partial charge in [0.15, 0.2) is 23.1 Å². The highest BCUT2D eigenvalue weighted by atomic mass is 16.7. The molecule has 2 aromatic heterocycles. The fourth-order valence-corrected chi connectivity index (χ4v) is 3.46. The Hall–Kier alpha value is -3.61. The Morgan fingerprint density at radius 1 is 0.964 bits per heavy atom. The van der Waals surface area contributed by atoms with Crippen LogP contribution in [0.1, 0.15) is 17.0 Å². The average molecular weight is 373 g/mol. The Balaban J connectivity index is 1.49. The zero-order chi connectivity index (χ0) is 19.1. The van der Waals surface area contributed by atoms with E-state index in [-0.39, 0.29) is 6.79 Å². The number of hydrogen-bond donors (Lipinski definition) is 1. The van der Waals surface area contributed by atoms with E-state index in [4.69, 9.17) is 9.47 Å². The topological polar surface area (TPSA) is 74.1 Å². The predicted octanol–water partition coefficient (Wildman–Crippen LogP) is 3.77. The molecule has 7 heteroatoms. The van der Waals surface area contributed by atoms with Crippen LogP contribution in [0.5, 0.6) is 11.5 Å². The van der Waals surface area contributed by atoms with Crippen molar-refractivity contribution in [1.82, 2.24) is 20.0 Å². The number of ether oxygens (including phenoxy) is 2. The summed E-state index contributed by atoms with van der Waals surface area (Å²) >= 11 is 0. The molecule has 0 radical (unpaired) electrons. The number of nitrogens with zero attached hydrogens (tertiary/aromatic N) is 4. The molecule has 0 saturated carbocycles. The van der Waals surface area contributed by atoms with E-state index in [2.05, 4.69) is 20.6 Å². The lowest BCUT2D eigenvalue weighted by Gasteiger charge is -2.12. The highest BCUT2D eigenvalue weighted by Crippen LogP contribution is 2.33. The Kier molecular flexibility index (Phi) is 3.86. The Morgan fingerprint density at radius 3 is 2.61 bits per heavy atom. The Morgan fingerprint density at radius 2 is 1.79 bits per heavy atom. The van der Waals surface area contributed by atoms with E-state index in [0.29, 0.717) is 6.54 Å². The minimum atomic E-state index is 0.274. The third kappa shape index (κ3) is 2.81. The van der Waals surface area contributed by atoms with Gasteiger partial charge in [0.2, 0.25) is 6.79 Å². The second kappa shape index (κ2) is 6.53. The molecule has 2 aromatic carbocycles. The maximum Gasteiger partial charge on any atom is 0.231 e. The monoisotopic (exact) mass is 373 g/mol. The van der Waals surface area contributed by atoms with E-state index in [1.165, 1.54) is 0 Å². The molecule has 0 aliphatic carbocycles. The van der Waals surface area contributed by atoms with Crippen LogP contribution >= 0.6 is 0 Å². The molecule has 1 aliphatic rings. The molecule has 3 heterocycles. The lowest BCUT2D eigenvalue weighted by Crippen LogP contribution is -2.08. The Labute approximate surface area is 161 Å². The minimum absolute atomic E-state index is 0.274. The van der Waals surface area contributed by atoms with Gasteiger partial charge in [-0.15, -0.1) is 10.2 Å². The van der Waals surface area contributed by atoms with Crippen molar-refractivity contribution < 1.29 is 9.47 Å². The summed E-state index contributed by atoms with van der Waals surface area (Å²) in [7, 11) is 0. The van der Waals surface area contributed by atoms with E-state index < -0.39 is 0 Å². The van der Waals surface area contributed by atoms with Gasteiger partial charge >= 0.3 is 0 Å². The molecule has 1 N–H and O–H groups in total. The van der Waals surface area contributed by atoms with Gasteiger partial charge in [0.05, 0.1) is 5.69 Å². The summed E-state index contributed by atoms with van der Waals surface area (Å²) in [5, 5.41) is 18.9. The van der Waals surface area contributed by atoms with Crippen molar-refractivity contribution in [1.29, 1.82) is 0 Å². The zero-order valence-corrected chi connectivity index (χ0v) is 15.6. The summed E-state index contributed by atoms with van der Waals surface area (Å²) < 4.78 is 12.7. The molecule has 7 nitrogen and oxygen atoms in total. The van der Waals surface area contributed by atoms with Gasteiger partial charge in [0.25, 0.3) is 0 Å². The van der Waals surface area contributed by atoms with E-state index >= 15 is 0 Å². The van der Waals surface area contributed by atoms with Gasteiger partial charge in [-0.3, -0.25) is 0 Å². The summed E-state index contributed by atoms with van der Waals surface area (Å²) in [6.45, 7) is 4.87. The second-order valence-corrected chi connectivity index (χ2v) is 6.80. The fraction of sp³-hybridized carbons (Fsp3) is 0.190. The summed E-state index contributed by atoms with van der Waals surface area (Å²) in [6, 6.07) is 16.0. The van der Waals surface area contributed by atoms with Gasteiger partial charge < -0.3 is 14.8 Å². The smallest absolute Gasteiger partial charge is 0.231 e. The molecule has 0 saturated heterocycles. The number of nitrogens with one attached hydrogen (secondary N) is 1. The van der Waals surface area contributed by atoms with Gasteiger partial charge in [-0.2, -0.15) is 5.10 Å². The van der Waals surface area contributed by atoms with Crippen molar-refractivity contribution in [2.45, 2.75) is 20.4 Å². The first-order valence-corrected chi connectivity index (χ1v) is 9.10. The number of anilines is 1. The molecule has 140 valence electrons. The second-order valence-electron chi connectivity index (χ2n) is 6.80. The molecule has 0 atom stereocenters. The fourth-order valence-electron chi connectivity index (χ4n) is 3.46. The number of rotatable bonds is 4. The van der Waals surface area contributed by atoms with Crippen molar-refractivity contribution in [2.75, 3.05) is 12.1 Å². The number of aryl methyl sites for hydroxylation is 2. The molecular formula is C21H19N5O2. The summed E-state index contributed by atoms with van der Waals surface area (Å²) in [5.74, 6) is 3.02. The van der Waals surface area contributed by atoms with Crippen LogP contribution in [0.25, 0.3) is 16.6 Å². The van der Waals surface area contributed by atoms with Gasteiger partial charge in [-0.25, -0.2) is 4.68 Å². The zero-order valence-electron chi connectivity index (χ0n) is 15.6. The summed E-state index contributed by atoms with van der Waals surface area (Å²) in [5.41, 5.74) is 3.06. The molecule has 1 aliphatic heterocycles. The molecule has 0 unspecified atom stereocenters. The van der Waals surface area contributed by atoms with Crippen LogP contribution in [0, 0.1) is 13.8 Å². The van der Waals surface area contributed by atoms with E-state index in [9.17, 15) is 0 Å². The van der Waals surface area contributed by atoms with Crippen molar-refractivity contribution in [3.05, 3.63) is 65.5 Å². The quantitative estimate of drug-likeness (QED) is 0.587. The van der Waals surface area contributed by atoms with Crippen molar-refractivity contribution >= 4 is 16.6 Å². The third-order valence-corrected chi connectivity index (χ3v) is 4.77. The highest BCUT2D eigenvalue weighted by molar-refractivity contribution is 5.95. The van der Waals surface area contributed by atoms with E-state index in [0.717, 1.165) is 50.9 Å². The maximum absolute atomic E-state index is 5.45. The normalized spacial score (nSPS) is 12.5. The SMILES string of the molecule is Cc1cc(C)n(-c2nnc(NCc3ccc4c(c3)OCO4)c3ccccc23)n1. The molecular weight excluding hydrogens is 354 g/mol. The first-order valence-electron chi connectivity index (χ1n) is 9.10. The van der Waals surface area contributed by atoms with Gasteiger partial charge in [-0.05, 0) is 37.6 Å². The van der Waals surface area contributed by atoms with Crippen LogP contribution in [0.15, 0.2) is 48.5 Å². The number of hydrogen-bond acceptors (Lipinski definition) is 6. The molecule has 0 bridgehead atoms. The molecule has 0 amide bonds. The van der Waals surface area contributed by atoms with Crippen LogP contribution in [0.2, 0.25) is 0 Å². The molecule has 0 fully saturated rings. The van der Waals surface area contributed by atoms with Crippen molar-refractivity contribution in [3.63, 3.8) is 0 Å². The molecule has 28 heavy (non-hydrogen) atoms. The third-order valence-electron chi connectivity index (χ3n) is 4.77. The van der Waals surface area contributed by atoms with Crippen molar-refractivity contribution in [3.8, 4) is 17.3 Å². The van der Waals surface area contributed by atoms with Crippen LogP contribution < -0.4 is 14.8 Å². The van der Waals surface area contributed by atoms with Gasteiger partial charge in [0, 0.05) is 23.0 Å². The van der Waals surface area contributed by atoms with Gasteiger partial charge in [-0.1, -0.05) is 30.3 Å². The average Bonchev–Trinajstić information content (AvgIpc) is 3.31. The first kappa shape index (κ1) is 16.6. The number of fused-ring (bicyclic) bond motifs is 2. The van der Waals surface area contributed by atoms with Crippen LogP contribution in [-0.2, 0) is 6.54 Å². The van der Waals surface area contributed by atoms with E-state index in [1.807, 2.05) is 67.1 Å². The first-order chi connectivity index (χ1) is 13.7. The number of aromatic nitrogens is 4. The van der Waals surface area contributed by atoms with Gasteiger partial charge in [0.1, 0.15) is 0 Å².